The molecule has 0 fully saturated rings. The predicted molar refractivity (Wildman–Crippen MR) is 63.0 cm³/mol. The van der Waals surface area contributed by atoms with Gasteiger partial charge < -0.3 is 0 Å². The number of nitrogens with zero attached hydrogens (tertiary/aromatic N) is 4. The van der Waals surface area contributed by atoms with Crippen molar-refractivity contribution in [1.82, 2.24) is 19.7 Å². The maximum atomic E-state index is 5.96. The second kappa shape index (κ2) is 4.22. The van der Waals surface area contributed by atoms with E-state index >= 15 is 0 Å². The Hall–Kier alpha value is -1.42. The van der Waals surface area contributed by atoms with Crippen LogP contribution >= 0.6 is 11.6 Å². The minimum absolute atomic E-state index is 0.245. The first-order valence-corrected chi connectivity index (χ1v) is 5.51. The first-order chi connectivity index (χ1) is 7.56. The van der Waals surface area contributed by atoms with Crippen LogP contribution in [0.2, 0.25) is 5.15 Å². The maximum absolute atomic E-state index is 5.96. The van der Waals surface area contributed by atoms with E-state index in [1.807, 2.05) is 33.0 Å². The molecule has 0 aromatic carbocycles. The highest BCUT2D eigenvalue weighted by Crippen LogP contribution is 2.16. The highest BCUT2D eigenvalue weighted by atomic mass is 35.5. The number of halogens is 1. The molecule has 0 atom stereocenters. The lowest BCUT2D eigenvalue weighted by Crippen LogP contribution is -2.05. The highest BCUT2D eigenvalue weighted by Gasteiger charge is 2.08. The van der Waals surface area contributed by atoms with Gasteiger partial charge >= 0.3 is 0 Å². The molecule has 0 radical (unpaired) electrons. The third-order valence-corrected chi connectivity index (χ3v) is 2.37. The molecular formula is C11H13ClN4. The molecule has 0 saturated carbocycles. The Morgan fingerprint density at radius 3 is 2.62 bits per heavy atom. The molecule has 0 aliphatic rings. The highest BCUT2D eigenvalue weighted by molar-refractivity contribution is 6.29. The summed E-state index contributed by atoms with van der Waals surface area (Å²) < 4.78 is 1.70. The number of rotatable bonds is 2. The molecule has 2 rings (SSSR count). The summed E-state index contributed by atoms with van der Waals surface area (Å²) in [6, 6.07) is 3.63. The van der Waals surface area contributed by atoms with E-state index in [0.717, 1.165) is 11.5 Å². The molecule has 16 heavy (non-hydrogen) atoms. The Kier molecular flexibility index (Phi) is 2.92. The molecule has 0 saturated heterocycles. The van der Waals surface area contributed by atoms with Crippen molar-refractivity contribution in [2.75, 3.05) is 0 Å². The average Bonchev–Trinajstić information content (AvgIpc) is 2.64. The van der Waals surface area contributed by atoms with Crippen molar-refractivity contribution in [3.63, 3.8) is 0 Å². The first-order valence-electron chi connectivity index (χ1n) is 5.13. The van der Waals surface area contributed by atoms with Gasteiger partial charge in [0.25, 0.3) is 0 Å². The Morgan fingerprint density at radius 1 is 1.31 bits per heavy atom. The van der Waals surface area contributed by atoms with E-state index in [4.69, 9.17) is 11.6 Å². The lowest BCUT2D eigenvalue weighted by Gasteiger charge is -2.07. The monoisotopic (exact) mass is 236 g/mol. The van der Waals surface area contributed by atoms with E-state index in [2.05, 4.69) is 15.1 Å². The smallest absolute Gasteiger partial charge is 0.158 e. The summed E-state index contributed by atoms with van der Waals surface area (Å²) in [6.07, 6.45) is 1.86. The summed E-state index contributed by atoms with van der Waals surface area (Å²) in [5.74, 6) is 1.68. The quantitative estimate of drug-likeness (QED) is 0.753. The van der Waals surface area contributed by atoms with Gasteiger partial charge in [-0.05, 0) is 13.0 Å². The standard InChI is InChI=1S/C11H13ClN4/c1-7(2)11-13-9(12)6-10(14-11)16-5-4-8(3)15-16/h4-7H,1-3H3. The van der Waals surface area contributed by atoms with Crippen LogP contribution in [0.1, 0.15) is 31.3 Å². The predicted octanol–water partition coefficient (Wildman–Crippen LogP) is 2.75. The fourth-order valence-electron chi connectivity index (χ4n) is 1.34. The topological polar surface area (TPSA) is 43.6 Å². The van der Waals surface area contributed by atoms with Crippen molar-refractivity contribution in [2.45, 2.75) is 26.7 Å². The molecule has 0 N–H and O–H groups in total. The molecule has 0 bridgehead atoms. The molecule has 4 nitrogen and oxygen atoms in total. The molecule has 0 spiro atoms. The Bertz CT molecular complexity index is 504. The van der Waals surface area contributed by atoms with Gasteiger partial charge in [0, 0.05) is 18.2 Å². The molecule has 0 aliphatic carbocycles. The molecule has 2 heterocycles. The van der Waals surface area contributed by atoms with Crippen molar-refractivity contribution >= 4 is 11.6 Å². The average molecular weight is 237 g/mol. The third-order valence-electron chi connectivity index (χ3n) is 2.17. The van der Waals surface area contributed by atoms with Crippen molar-refractivity contribution in [1.29, 1.82) is 0 Å². The summed E-state index contributed by atoms with van der Waals surface area (Å²) in [6.45, 7) is 6.00. The van der Waals surface area contributed by atoms with Gasteiger partial charge in [-0.15, -0.1) is 0 Å². The van der Waals surface area contributed by atoms with Gasteiger partial charge in [0.05, 0.1) is 5.69 Å². The summed E-state index contributed by atoms with van der Waals surface area (Å²) in [7, 11) is 0. The van der Waals surface area contributed by atoms with E-state index in [1.165, 1.54) is 0 Å². The lowest BCUT2D eigenvalue weighted by molar-refractivity contribution is 0.743. The van der Waals surface area contributed by atoms with E-state index in [1.54, 1.807) is 10.7 Å². The molecule has 5 heteroatoms. The van der Waals surface area contributed by atoms with Gasteiger partial charge in [0.1, 0.15) is 11.0 Å². The summed E-state index contributed by atoms with van der Waals surface area (Å²) in [5, 5.41) is 4.74. The molecule has 2 aromatic heterocycles. The fourth-order valence-corrected chi connectivity index (χ4v) is 1.53. The number of aromatic nitrogens is 4. The van der Waals surface area contributed by atoms with Crippen LogP contribution in [0.4, 0.5) is 0 Å². The summed E-state index contributed by atoms with van der Waals surface area (Å²) >= 11 is 5.96. The van der Waals surface area contributed by atoms with Crippen LogP contribution in [0.3, 0.4) is 0 Å². The van der Waals surface area contributed by atoms with Crippen molar-refractivity contribution < 1.29 is 0 Å². The van der Waals surface area contributed by atoms with Gasteiger partial charge in [0.2, 0.25) is 0 Å². The van der Waals surface area contributed by atoms with E-state index in [-0.39, 0.29) is 5.92 Å². The molecular weight excluding hydrogens is 224 g/mol. The Balaban J connectivity index is 2.49. The minimum atomic E-state index is 0.245. The Labute approximate surface area is 99.3 Å². The lowest BCUT2D eigenvalue weighted by atomic mass is 10.2. The molecule has 0 unspecified atom stereocenters. The van der Waals surface area contributed by atoms with E-state index in [9.17, 15) is 0 Å². The van der Waals surface area contributed by atoms with Crippen molar-refractivity contribution in [2.24, 2.45) is 0 Å². The van der Waals surface area contributed by atoms with Crippen LogP contribution in [0.25, 0.3) is 5.82 Å². The van der Waals surface area contributed by atoms with Gasteiger partial charge in [0.15, 0.2) is 5.82 Å². The summed E-state index contributed by atoms with van der Waals surface area (Å²) in [5.41, 5.74) is 0.945. The minimum Gasteiger partial charge on any atom is -0.222 e. The van der Waals surface area contributed by atoms with E-state index < -0.39 is 0 Å². The van der Waals surface area contributed by atoms with Crippen LogP contribution < -0.4 is 0 Å². The van der Waals surface area contributed by atoms with Gasteiger partial charge in [-0.2, -0.15) is 5.10 Å². The van der Waals surface area contributed by atoms with Crippen LogP contribution in [-0.2, 0) is 0 Å². The number of hydrogen-bond donors (Lipinski definition) is 0. The Morgan fingerprint density at radius 2 is 2.06 bits per heavy atom. The zero-order valence-corrected chi connectivity index (χ0v) is 10.2. The largest absolute Gasteiger partial charge is 0.222 e. The van der Waals surface area contributed by atoms with Gasteiger partial charge in [-0.25, -0.2) is 14.6 Å². The van der Waals surface area contributed by atoms with Crippen LogP contribution in [0, 0.1) is 6.92 Å². The molecule has 2 aromatic rings. The maximum Gasteiger partial charge on any atom is 0.158 e. The van der Waals surface area contributed by atoms with Crippen molar-refractivity contribution in [3.8, 4) is 5.82 Å². The normalized spacial score (nSPS) is 11.1. The molecule has 0 aliphatic heterocycles. The molecule has 0 amide bonds. The summed E-state index contributed by atoms with van der Waals surface area (Å²) in [4.78, 5) is 8.60. The second-order valence-corrected chi connectivity index (χ2v) is 4.35. The molecule has 84 valence electrons. The zero-order valence-electron chi connectivity index (χ0n) is 9.48. The fraction of sp³-hybridized carbons (Fsp3) is 0.364. The van der Waals surface area contributed by atoms with E-state index in [0.29, 0.717) is 11.0 Å². The van der Waals surface area contributed by atoms with Crippen LogP contribution in [0.5, 0.6) is 0 Å². The zero-order chi connectivity index (χ0) is 11.7. The van der Waals surface area contributed by atoms with Crippen LogP contribution in [0.15, 0.2) is 18.3 Å². The number of aryl methyl sites for hydroxylation is 1. The first kappa shape index (κ1) is 11.1. The third kappa shape index (κ3) is 2.22. The van der Waals surface area contributed by atoms with Gasteiger partial charge in [-0.3, -0.25) is 0 Å². The van der Waals surface area contributed by atoms with Crippen LogP contribution in [-0.4, -0.2) is 19.7 Å². The van der Waals surface area contributed by atoms with Gasteiger partial charge in [-0.1, -0.05) is 25.4 Å². The number of hydrogen-bond acceptors (Lipinski definition) is 3. The second-order valence-electron chi connectivity index (χ2n) is 3.96. The van der Waals surface area contributed by atoms with Crippen molar-refractivity contribution in [3.05, 3.63) is 35.0 Å². The SMILES string of the molecule is Cc1ccn(-c2cc(Cl)nc(C(C)C)n2)n1.